The lowest BCUT2D eigenvalue weighted by Gasteiger charge is -2.22. The molecule has 0 aliphatic heterocycles. The van der Waals surface area contributed by atoms with Crippen molar-refractivity contribution in [3.05, 3.63) is 67.6 Å². The fourth-order valence-corrected chi connectivity index (χ4v) is 3.15. The van der Waals surface area contributed by atoms with Crippen molar-refractivity contribution in [3.8, 4) is 0 Å². The molecule has 0 radical (unpaired) electrons. The third kappa shape index (κ3) is 3.68. The van der Waals surface area contributed by atoms with Gasteiger partial charge in [0.05, 0.1) is 6.04 Å². The van der Waals surface area contributed by atoms with Gasteiger partial charge in [0, 0.05) is 9.50 Å². The zero-order valence-electron chi connectivity index (χ0n) is 12.9. The zero-order chi connectivity index (χ0) is 15.6. The SMILES string of the molecule is CCNC(c1ccc(C)c(Br)c1)c1cc(C)c(C)cc1Cl. The van der Waals surface area contributed by atoms with Gasteiger partial charge in [-0.15, -0.1) is 0 Å². The van der Waals surface area contributed by atoms with Crippen molar-refractivity contribution >= 4 is 27.5 Å². The molecule has 0 fully saturated rings. The maximum Gasteiger partial charge on any atom is 0.0591 e. The van der Waals surface area contributed by atoms with Gasteiger partial charge in [-0.2, -0.15) is 0 Å². The second kappa shape index (κ2) is 6.95. The Bertz CT molecular complexity index is 652. The molecule has 0 heterocycles. The third-order valence-electron chi connectivity index (χ3n) is 3.86. The Morgan fingerprint density at radius 1 is 1.05 bits per heavy atom. The second-order valence-electron chi connectivity index (χ2n) is 5.46. The normalized spacial score (nSPS) is 12.5. The lowest BCUT2D eigenvalue weighted by molar-refractivity contribution is 0.630. The molecule has 0 bridgehead atoms. The molecule has 1 N–H and O–H groups in total. The second-order valence-corrected chi connectivity index (χ2v) is 6.72. The first-order valence-electron chi connectivity index (χ1n) is 7.20. The minimum absolute atomic E-state index is 0.110. The van der Waals surface area contributed by atoms with E-state index in [2.05, 4.69) is 79.3 Å². The maximum absolute atomic E-state index is 6.50. The van der Waals surface area contributed by atoms with E-state index in [0.29, 0.717) is 0 Å². The average molecular weight is 367 g/mol. The highest BCUT2D eigenvalue weighted by atomic mass is 79.9. The molecule has 0 aliphatic rings. The summed E-state index contributed by atoms with van der Waals surface area (Å²) in [5, 5.41) is 4.36. The van der Waals surface area contributed by atoms with Gasteiger partial charge in [-0.1, -0.05) is 52.7 Å². The van der Waals surface area contributed by atoms with E-state index >= 15 is 0 Å². The van der Waals surface area contributed by atoms with Gasteiger partial charge in [-0.05, 0) is 67.3 Å². The van der Waals surface area contributed by atoms with Gasteiger partial charge in [0.15, 0.2) is 0 Å². The summed E-state index contributed by atoms with van der Waals surface area (Å²) < 4.78 is 1.13. The van der Waals surface area contributed by atoms with E-state index in [1.807, 2.05) is 0 Å². The van der Waals surface area contributed by atoms with E-state index in [1.165, 1.54) is 22.3 Å². The first-order valence-corrected chi connectivity index (χ1v) is 8.37. The van der Waals surface area contributed by atoms with Gasteiger partial charge < -0.3 is 5.32 Å². The highest BCUT2D eigenvalue weighted by Crippen LogP contribution is 2.32. The van der Waals surface area contributed by atoms with Crippen LogP contribution in [0.5, 0.6) is 0 Å². The van der Waals surface area contributed by atoms with Crippen molar-refractivity contribution < 1.29 is 0 Å². The molecule has 21 heavy (non-hydrogen) atoms. The molecule has 1 atom stereocenters. The predicted molar refractivity (Wildman–Crippen MR) is 95.3 cm³/mol. The molecule has 2 aromatic carbocycles. The molecular weight excluding hydrogens is 346 g/mol. The predicted octanol–water partition coefficient (Wildman–Crippen LogP) is 5.73. The molecule has 1 nitrogen and oxygen atoms in total. The van der Waals surface area contributed by atoms with Crippen LogP contribution in [0.2, 0.25) is 5.02 Å². The van der Waals surface area contributed by atoms with Crippen LogP contribution >= 0.6 is 27.5 Å². The van der Waals surface area contributed by atoms with Gasteiger partial charge in [-0.3, -0.25) is 0 Å². The highest BCUT2D eigenvalue weighted by molar-refractivity contribution is 9.10. The molecule has 112 valence electrons. The van der Waals surface area contributed by atoms with E-state index in [9.17, 15) is 0 Å². The van der Waals surface area contributed by atoms with Crippen LogP contribution in [0.1, 0.15) is 40.8 Å². The largest absolute Gasteiger partial charge is 0.306 e. The van der Waals surface area contributed by atoms with Crippen LogP contribution in [-0.4, -0.2) is 6.54 Å². The summed E-state index contributed by atoms with van der Waals surface area (Å²) in [7, 11) is 0. The van der Waals surface area contributed by atoms with Crippen LogP contribution in [-0.2, 0) is 0 Å². The summed E-state index contributed by atoms with van der Waals surface area (Å²) in [5.74, 6) is 0. The molecule has 2 aromatic rings. The van der Waals surface area contributed by atoms with Crippen LogP contribution in [0.3, 0.4) is 0 Å². The number of hydrogen-bond acceptors (Lipinski definition) is 1. The van der Waals surface area contributed by atoms with Crippen LogP contribution in [0.15, 0.2) is 34.8 Å². The minimum Gasteiger partial charge on any atom is -0.306 e. The van der Waals surface area contributed by atoms with Crippen molar-refractivity contribution in [1.82, 2.24) is 5.32 Å². The zero-order valence-corrected chi connectivity index (χ0v) is 15.3. The van der Waals surface area contributed by atoms with Gasteiger partial charge >= 0.3 is 0 Å². The number of nitrogens with one attached hydrogen (secondary N) is 1. The topological polar surface area (TPSA) is 12.0 Å². The van der Waals surface area contributed by atoms with Gasteiger partial charge in [0.25, 0.3) is 0 Å². The number of benzene rings is 2. The van der Waals surface area contributed by atoms with E-state index in [4.69, 9.17) is 11.6 Å². The van der Waals surface area contributed by atoms with Crippen molar-refractivity contribution in [2.45, 2.75) is 33.7 Å². The van der Waals surface area contributed by atoms with Crippen LogP contribution in [0.25, 0.3) is 0 Å². The van der Waals surface area contributed by atoms with Gasteiger partial charge in [-0.25, -0.2) is 0 Å². The fourth-order valence-electron chi connectivity index (χ4n) is 2.42. The average Bonchev–Trinajstić information content (AvgIpc) is 2.44. The summed E-state index contributed by atoms with van der Waals surface area (Å²) in [6.45, 7) is 9.32. The fraction of sp³-hybridized carbons (Fsp3) is 0.333. The van der Waals surface area contributed by atoms with Crippen LogP contribution in [0, 0.1) is 20.8 Å². The molecular formula is C18H21BrClN. The Kier molecular flexibility index (Phi) is 5.48. The number of hydrogen-bond donors (Lipinski definition) is 1. The lowest BCUT2D eigenvalue weighted by Crippen LogP contribution is -2.22. The number of aryl methyl sites for hydroxylation is 3. The summed E-state index contributed by atoms with van der Waals surface area (Å²) in [6, 6.07) is 10.8. The van der Waals surface area contributed by atoms with E-state index in [-0.39, 0.29) is 6.04 Å². The minimum atomic E-state index is 0.110. The van der Waals surface area contributed by atoms with Crippen molar-refractivity contribution in [2.75, 3.05) is 6.54 Å². The summed E-state index contributed by atoms with van der Waals surface area (Å²) >= 11 is 10.1. The van der Waals surface area contributed by atoms with Crippen molar-refractivity contribution in [2.24, 2.45) is 0 Å². The van der Waals surface area contributed by atoms with E-state index in [1.54, 1.807) is 0 Å². The molecule has 0 aromatic heterocycles. The maximum atomic E-state index is 6.50. The Morgan fingerprint density at radius 2 is 1.71 bits per heavy atom. The molecule has 3 heteroatoms. The Balaban J connectivity index is 2.52. The monoisotopic (exact) mass is 365 g/mol. The number of halogens is 2. The van der Waals surface area contributed by atoms with Crippen molar-refractivity contribution in [1.29, 1.82) is 0 Å². The van der Waals surface area contributed by atoms with Gasteiger partial charge in [0.1, 0.15) is 0 Å². The summed E-state index contributed by atoms with van der Waals surface area (Å²) in [5.41, 5.74) is 6.09. The molecule has 0 spiro atoms. The van der Waals surface area contributed by atoms with Crippen molar-refractivity contribution in [3.63, 3.8) is 0 Å². The molecule has 0 saturated heterocycles. The lowest BCUT2D eigenvalue weighted by atomic mass is 9.95. The number of rotatable bonds is 4. The molecule has 2 rings (SSSR count). The summed E-state index contributed by atoms with van der Waals surface area (Å²) in [4.78, 5) is 0. The molecule has 0 aliphatic carbocycles. The third-order valence-corrected chi connectivity index (χ3v) is 5.04. The van der Waals surface area contributed by atoms with Crippen LogP contribution < -0.4 is 5.32 Å². The first kappa shape index (κ1) is 16.5. The molecule has 1 unspecified atom stereocenters. The summed E-state index contributed by atoms with van der Waals surface area (Å²) in [6.07, 6.45) is 0. The Hall–Kier alpha value is -0.830. The first-order chi connectivity index (χ1) is 9.93. The molecule has 0 saturated carbocycles. The van der Waals surface area contributed by atoms with Gasteiger partial charge in [0.2, 0.25) is 0 Å². The quantitative estimate of drug-likeness (QED) is 0.729. The Labute approximate surface area is 140 Å². The highest BCUT2D eigenvalue weighted by Gasteiger charge is 2.17. The standard InChI is InChI=1S/C18H21BrClN/c1-5-21-18(14-7-6-11(2)16(19)10-14)15-8-12(3)13(4)9-17(15)20/h6-10,18,21H,5H2,1-4H3. The van der Waals surface area contributed by atoms with Crippen LogP contribution in [0.4, 0.5) is 0 Å². The molecule has 0 amide bonds. The van der Waals surface area contributed by atoms with E-state index < -0.39 is 0 Å². The Morgan fingerprint density at radius 3 is 2.33 bits per heavy atom. The van der Waals surface area contributed by atoms with E-state index in [0.717, 1.165) is 21.6 Å². The smallest absolute Gasteiger partial charge is 0.0591 e.